The van der Waals surface area contributed by atoms with Gasteiger partial charge in [0.05, 0.1) is 6.61 Å². The van der Waals surface area contributed by atoms with Crippen LogP contribution in [-0.2, 0) is 6.42 Å². The fourth-order valence-corrected chi connectivity index (χ4v) is 3.32. The van der Waals surface area contributed by atoms with Crippen LogP contribution in [0.3, 0.4) is 0 Å². The number of rotatable bonds is 10. The molecule has 0 aliphatic carbocycles. The first-order valence-electron chi connectivity index (χ1n) is 8.41. The lowest BCUT2D eigenvalue weighted by Gasteiger charge is -2.31. The van der Waals surface area contributed by atoms with Gasteiger partial charge in [0.2, 0.25) is 0 Å². The molecule has 0 aliphatic heterocycles. The highest BCUT2D eigenvalue weighted by atomic mass is 35.5. The van der Waals surface area contributed by atoms with Gasteiger partial charge >= 0.3 is 0 Å². The van der Waals surface area contributed by atoms with Crippen LogP contribution in [0.4, 0.5) is 0 Å². The SMILES string of the molecule is CCOc1ccc(CC(c2ccccc2)N(CCCl)CCCl)cc1. The van der Waals surface area contributed by atoms with Crippen LogP contribution in [0.5, 0.6) is 5.75 Å². The Kier molecular flexibility index (Phi) is 8.44. The fraction of sp³-hybridized carbons (Fsp3) is 0.400. The van der Waals surface area contributed by atoms with Crippen molar-refractivity contribution in [1.29, 1.82) is 0 Å². The second-order valence-corrected chi connectivity index (χ2v) is 6.38. The molecule has 24 heavy (non-hydrogen) atoms. The Bertz CT molecular complexity index is 568. The topological polar surface area (TPSA) is 12.5 Å². The molecule has 0 bridgehead atoms. The van der Waals surface area contributed by atoms with Crippen LogP contribution in [0, 0.1) is 0 Å². The third-order valence-electron chi connectivity index (χ3n) is 4.03. The van der Waals surface area contributed by atoms with E-state index in [0.717, 1.165) is 25.3 Å². The molecule has 0 aromatic heterocycles. The smallest absolute Gasteiger partial charge is 0.119 e. The molecule has 0 saturated carbocycles. The molecule has 1 unspecified atom stereocenters. The first-order valence-corrected chi connectivity index (χ1v) is 9.48. The summed E-state index contributed by atoms with van der Waals surface area (Å²) in [7, 11) is 0. The van der Waals surface area contributed by atoms with Gasteiger partial charge in [-0.15, -0.1) is 23.2 Å². The van der Waals surface area contributed by atoms with Gasteiger partial charge in [-0.1, -0.05) is 42.5 Å². The predicted molar refractivity (Wildman–Crippen MR) is 104 cm³/mol. The molecule has 0 N–H and O–H groups in total. The van der Waals surface area contributed by atoms with Crippen LogP contribution >= 0.6 is 23.2 Å². The molecule has 2 aromatic rings. The number of halogens is 2. The van der Waals surface area contributed by atoms with Gasteiger partial charge in [-0.25, -0.2) is 0 Å². The Labute approximate surface area is 155 Å². The third kappa shape index (κ3) is 5.70. The van der Waals surface area contributed by atoms with E-state index in [1.165, 1.54) is 11.1 Å². The van der Waals surface area contributed by atoms with E-state index in [4.69, 9.17) is 27.9 Å². The molecule has 0 radical (unpaired) electrons. The molecule has 0 saturated heterocycles. The zero-order valence-corrected chi connectivity index (χ0v) is 15.6. The van der Waals surface area contributed by atoms with Crippen LogP contribution in [0.1, 0.15) is 24.1 Å². The number of hydrogen-bond acceptors (Lipinski definition) is 2. The number of hydrogen-bond donors (Lipinski definition) is 0. The van der Waals surface area contributed by atoms with Gasteiger partial charge in [0.1, 0.15) is 5.75 Å². The second kappa shape index (κ2) is 10.6. The Balaban J connectivity index is 2.21. The largest absolute Gasteiger partial charge is 0.494 e. The lowest BCUT2D eigenvalue weighted by atomic mass is 9.97. The van der Waals surface area contributed by atoms with E-state index in [9.17, 15) is 0 Å². The minimum atomic E-state index is 0.265. The van der Waals surface area contributed by atoms with E-state index in [1.54, 1.807) is 0 Å². The first kappa shape index (κ1) is 19.1. The highest BCUT2D eigenvalue weighted by Gasteiger charge is 2.20. The molecule has 2 rings (SSSR count). The molecule has 2 nitrogen and oxygen atoms in total. The third-order valence-corrected chi connectivity index (χ3v) is 4.37. The van der Waals surface area contributed by atoms with Crippen molar-refractivity contribution >= 4 is 23.2 Å². The van der Waals surface area contributed by atoms with Crippen molar-refractivity contribution in [3.8, 4) is 5.75 Å². The number of benzene rings is 2. The van der Waals surface area contributed by atoms with Crippen molar-refractivity contribution in [2.45, 2.75) is 19.4 Å². The maximum absolute atomic E-state index is 6.02. The van der Waals surface area contributed by atoms with Crippen molar-refractivity contribution in [2.24, 2.45) is 0 Å². The highest BCUT2D eigenvalue weighted by Crippen LogP contribution is 2.26. The van der Waals surface area contributed by atoms with Gasteiger partial charge < -0.3 is 4.74 Å². The molecule has 0 fully saturated rings. The molecule has 4 heteroatoms. The zero-order valence-electron chi connectivity index (χ0n) is 14.1. The summed E-state index contributed by atoms with van der Waals surface area (Å²) in [4.78, 5) is 2.37. The molecule has 130 valence electrons. The zero-order chi connectivity index (χ0) is 17.2. The standard InChI is InChI=1S/C20H25Cl2NO/c1-2-24-19-10-8-17(9-11-19)16-20(18-6-4-3-5-7-18)23(14-12-21)15-13-22/h3-11,20H,2,12-16H2,1H3. The summed E-state index contributed by atoms with van der Waals surface area (Å²) in [5.41, 5.74) is 2.57. The van der Waals surface area contributed by atoms with E-state index in [1.807, 2.05) is 25.1 Å². The molecule has 0 aliphatic rings. The first-order chi connectivity index (χ1) is 11.8. The number of ether oxygens (including phenoxy) is 1. The number of nitrogens with zero attached hydrogens (tertiary/aromatic N) is 1. The second-order valence-electron chi connectivity index (χ2n) is 5.62. The van der Waals surface area contributed by atoms with Crippen molar-refractivity contribution in [3.63, 3.8) is 0 Å². The Morgan fingerprint density at radius 1 is 0.917 bits per heavy atom. The lowest BCUT2D eigenvalue weighted by molar-refractivity contribution is 0.220. The van der Waals surface area contributed by atoms with Gasteiger partial charge in [-0.3, -0.25) is 4.90 Å². The van der Waals surface area contributed by atoms with Crippen molar-refractivity contribution < 1.29 is 4.74 Å². The van der Waals surface area contributed by atoms with Crippen LogP contribution in [0.2, 0.25) is 0 Å². The summed E-state index contributed by atoms with van der Waals surface area (Å²) in [6, 6.07) is 19.2. The summed E-state index contributed by atoms with van der Waals surface area (Å²) in [6.45, 7) is 4.33. The summed E-state index contributed by atoms with van der Waals surface area (Å²) >= 11 is 12.0. The van der Waals surface area contributed by atoms with E-state index in [2.05, 4.69) is 41.3 Å². The average molecular weight is 366 g/mol. The summed E-state index contributed by atoms with van der Waals surface area (Å²) in [5.74, 6) is 2.11. The van der Waals surface area contributed by atoms with Crippen molar-refractivity contribution in [1.82, 2.24) is 4.90 Å². The lowest BCUT2D eigenvalue weighted by Crippen LogP contribution is -2.33. The van der Waals surface area contributed by atoms with Crippen LogP contribution in [0.25, 0.3) is 0 Å². The maximum atomic E-state index is 6.02. The van der Waals surface area contributed by atoms with Gasteiger partial charge in [0, 0.05) is 30.9 Å². The minimum absolute atomic E-state index is 0.265. The van der Waals surface area contributed by atoms with Crippen LogP contribution in [-0.4, -0.2) is 36.4 Å². The summed E-state index contributed by atoms with van der Waals surface area (Å²) < 4.78 is 5.53. The minimum Gasteiger partial charge on any atom is -0.494 e. The highest BCUT2D eigenvalue weighted by molar-refractivity contribution is 6.18. The normalized spacial score (nSPS) is 12.3. The van der Waals surface area contributed by atoms with Gasteiger partial charge in [-0.05, 0) is 36.6 Å². The van der Waals surface area contributed by atoms with E-state index in [-0.39, 0.29) is 6.04 Å². The molecular formula is C20H25Cl2NO. The predicted octanol–water partition coefficient (Wildman–Crippen LogP) is 5.15. The van der Waals surface area contributed by atoms with Gasteiger partial charge in [-0.2, -0.15) is 0 Å². The van der Waals surface area contributed by atoms with Gasteiger partial charge in [0.15, 0.2) is 0 Å². The Hall–Kier alpha value is -1.22. The summed E-state index contributed by atoms with van der Waals surface area (Å²) in [5, 5.41) is 0. The van der Waals surface area contributed by atoms with E-state index >= 15 is 0 Å². The maximum Gasteiger partial charge on any atom is 0.119 e. The monoisotopic (exact) mass is 365 g/mol. The van der Waals surface area contributed by atoms with Crippen molar-refractivity contribution in [3.05, 3.63) is 65.7 Å². The van der Waals surface area contributed by atoms with Crippen LogP contribution < -0.4 is 4.74 Å². The summed E-state index contributed by atoms with van der Waals surface area (Å²) in [6.07, 6.45) is 0.921. The molecule has 0 heterocycles. The Morgan fingerprint density at radius 3 is 2.08 bits per heavy atom. The average Bonchev–Trinajstić information content (AvgIpc) is 2.62. The van der Waals surface area contributed by atoms with E-state index in [0.29, 0.717) is 18.4 Å². The van der Waals surface area contributed by atoms with Crippen molar-refractivity contribution in [2.75, 3.05) is 31.5 Å². The molecule has 0 amide bonds. The fourth-order valence-electron chi connectivity index (χ4n) is 2.89. The van der Waals surface area contributed by atoms with Gasteiger partial charge in [0.25, 0.3) is 0 Å². The quantitative estimate of drug-likeness (QED) is 0.539. The molecule has 1 atom stereocenters. The molecular weight excluding hydrogens is 341 g/mol. The molecule has 2 aromatic carbocycles. The van der Waals surface area contributed by atoms with E-state index < -0.39 is 0 Å². The Morgan fingerprint density at radius 2 is 1.54 bits per heavy atom. The number of alkyl halides is 2. The van der Waals surface area contributed by atoms with Crippen LogP contribution in [0.15, 0.2) is 54.6 Å². The molecule has 0 spiro atoms.